The molecule has 0 bridgehead atoms. The summed E-state index contributed by atoms with van der Waals surface area (Å²) in [6.45, 7) is 7.38. The maximum Gasteiger partial charge on any atom is 0.474 e. The molecule has 0 spiro atoms. The first-order valence-corrected chi connectivity index (χ1v) is 20.5. The molecule has 0 unspecified atom stereocenters. The van der Waals surface area contributed by atoms with E-state index in [2.05, 4.69) is 29.8 Å². The molecule has 0 radical (unpaired) electrons. The van der Waals surface area contributed by atoms with Crippen molar-refractivity contribution in [3.05, 3.63) is 0 Å². The van der Waals surface area contributed by atoms with Crippen molar-refractivity contribution in [3.63, 3.8) is 0 Å². The van der Waals surface area contributed by atoms with Crippen LogP contribution in [0.3, 0.4) is 0 Å². The lowest BCUT2D eigenvalue weighted by Gasteiger charge is -2.17. The lowest BCUT2D eigenvalue weighted by molar-refractivity contribution is 0.0470. The highest BCUT2D eigenvalue weighted by Crippen LogP contribution is 2.49. The van der Waals surface area contributed by atoms with Crippen molar-refractivity contribution in [2.24, 2.45) is 0 Å². The van der Waals surface area contributed by atoms with Crippen molar-refractivity contribution in [3.8, 4) is 0 Å². The van der Waals surface area contributed by atoms with Crippen LogP contribution in [0.1, 0.15) is 168 Å². The van der Waals surface area contributed by atoms with Gasteiger partial charge in [-0.2, -0.15) is 0 Å². The fraction of sp³-hybridized carbons (Fsp3) is 1.00. The highest BCUT2D eigenvalue weighted by Gasteiger charge is 2.26. The van der Waals surface area contributed by atoms with E-state index in [1.54, 1.807) is 0 Å². The first-order chi connectivity index (χ1) is 20.7. The van der Waals surface area contributed by atoms with Gasteiger partial charge in [-0.1, -0.05) is 171 Å². The summed E-state index contributed by atoms with van der Waals surface area (Å²) in [5.74, 6) is 0. The number of phosphoric acid groups is 1. The summed E-state index contributed by atoms with van der Waals surface area (Å²) in [7, 11) is -3.60. The lowest BCUT2D eigenvalue weighted by atomic mass is 10.1. The minimum atomic E-state index is -3.60. The van der Waals surface area contributed by atoms with Gasteiger partial charge in [-0.15, -0.1) is 0 Å². The first kappa shape index (κ1) is 42.5. The Balaban J connectivity index is 3.59. The van der Waals surface area contributed by atoms with Crippen LogP contribution in [0.2, 0.25) is 0 Å². The highest BCUT2D eigenvalue weighted by molar-refractivity contribution is 9.09. The van der Waals surface area contributed by atoms with E-state index in [0.29, 0.717) is 31.8 Å². The van der Waals surface area contributed by atoms with Gasteiger partial charge in [0.15, 0.2) is 0 Å². The first-order valence-electron chi connectivity index (χ1n) is 17.9. The fourth-order valence-electron chi connectivity index (χ4n) is 4.97. The standard InChI is InChI=1S/C34H70BrO6P/c1-3-5-7-9-11-13-15-17-19-21-23-25-28-37-31-33-40-42(36,39-30-27-35)41-34-32-38-29-26-24-22-20-18-16-14-12-10-8-6-4-2/h3-34H2,1-2H3. The zero-order valence-corrected chi connectivity index (χ0v) is 30.4. The molecule has 42 heavy (non-hydrogen) atoms. The molecular weight excluding hydrogens is 615 g/mol. The van der Waals surface area contributed by atoms with E-state index in [1.807, 2.05) is 0 Å². The van der Waals surface area contributed by atoms with E-state index in [0.717, 1.165) is 12.8 Å². The molecule has 0 heterocycles. The summed E-state index contributed by atoms with van der Waals surface area (Å²) >= 11 is 3.30. The smallest absolute Gasteiger partial charge is 0.379 e. The minimum absolute atomic E-state index is 0.192. The monoisotopic (exact) mass is 684 g/mol. The summed E-state index contributed by atoms with van der Waals surface area (Å²) in [6.07, 6.45) is 31.9. The number of hydrogen-bond donors (Lipinski definition) is 0. The summed E-state index contributed by atoms with van der Waals surface area (Å²) in [6, 6.07) is 0. The Hall–Kier alpha value is 0.510. The molecule has 0 saturated heterocycles. The maximum absolute atomic E-state index is 12.9. The van der Waals surface area contributed by atoms with Crippen molar-refractivity contribution < 1.29 is 27.6 Å². The van der Waals surface area contributed by atoms with Crippen molar-refractivity contribution in [1.29, 1.82) is 0 Å². The quantitative estimate of drug-likeness (QED) is 0.0368. The normalized spacial score (nSPS) is 12.0. The Morgan fingerprint density at radius 1 is 0.381 bits per heavy atom. The van der Waals surface area contributed by atoms with Gasteiger partial charge in [0.1, 0.15) is 0 Å². The SMILES string of the molecule is CCCCCCCCCCCCCCOCCOP(=O)(OCCBr)OCCOCCCCCCCCCCCCCC. The molecule has 254 valence electrons. The Bertz CT molecular complexity index is 514. The molecule has 0 aliphatic rings. The second-order valence-corrected chi connectivity index (χ2v) is 14.1. The van der Waals surface area contributed by atoms with E-state index in [-0.39, 0.29) is 19.8 Å². The Morgan fingerprint density at radius 2 is 0.667 bits per heavy atom. The van der Waals surface area contributed by atoms with Gasteiger partial charge in [0, 0.05) is 18.5 Å². The van der Waals surface area contributed by atoms with Gasteiger partial charge in [0.25, 0.3) is 0 Å². The predicted octanol–water partition coefficient (Wildman–Crippen LogP) is 12.0. The molecule has 0 atom stereocenters. The third-order valence-corrected chi connectivity index (χ3v) is 9.39. The fourth-order valence-corrected chi connectivity index (χ4v) is 6.52. The largest absolute Gasteiger partial charge is 0.474 e. The van der Waals surface area contributed by atoms with Gasteiger partial charge < -0.3 is 9.47 Å². The van der Waals surface area contributed by atoms with Gasteiger partial charge in [-0.3, -0.25) is 13.6 Å². The molecule has 0 N–H and O–H groups in total. The van der Waals surface area contributed by atoms with Gasteiger partial charge in [-0.05, 0) is 12.8 Å². The number of alkyl halides is 1. The molecule has 6 nitrogen and oxygen atoms in total. The van der Waals surface area contributed by atoms with E-state index >= 15 is 0 Å². The number of phosphoric ester groups is 1. The van der Waals surface area contributed by atoms with Crippen LogP contribution in [0.15, 0.2) is 0 Å². The number of ether oxygens (including phenoxy) is 2. The molecule has 0 rings (SSSR count). The number of hydrogen-bond acceptors (Lipinski definition) is 6. The average molecular weight is 686 g/mol. The van der Waals surface area contributed by atoms with Crippen LogP contribution in [0.4, 0.5) is 0 Å². The number of halogens is 1. The van der Waals surface area contributed by atoms with Gasteiger partial charge in [-0.25, -0.2) is 4.57 Å². The molecule has 0 aromatic heterocycles. The van der Waals surface area contributed by atoms with Gasteiger partial charge in [0.2, 0.25) is 0 Å². The molecule has 0 aromatic rings. The van der Waals surface area contributed by atoms with Crippen LogP contribution in [0.25, 0.3) is 0 Å². The molecule has 0 saturated carbocycles. The zero-order chi connectivity index (χ0) is 30.7. The number of unbranched alkanes of at least 4 members (excludes halogenated alkanes) is 22. The summed E-state index contributed by atoms with van der Waals surface area (Å²) in [5, 5.41) is 0.564. The summed E-state index contributed by atoms with van der Waals surface area (Å²) in [5.41, 5.74) is 0. The van der Waals surface area contributed by atoms with Crippen molar-refractivity contribution in [2.75, 3.05) is 51.6 Å². The second-order valence-electron chi connectivity index (χ2n) is 11.6. The summed E-state index contributed by atoms with van der Waals surface area (Å²) < 4.78 is 40.5. The third kappa shape index (κ3) is 33.4. The van der Waals surface area contributed by atoms with E-state index in [1.165, 1.54) is 141 Å². The second kappa shape index (κ2) is 36.0. The van der Waals surface area contributed by atoms with Crippen molar-refractivity contribution >= 4 is 23.8 Å². The predicted molar refractivity (Wildman–Crippen MR) is 183 cm³/mol. The van der Waals surface area contributed by atoms with Gasteiger partial charge in [0.05, 0.1) is 33.0 Å². The van der Waals surface area contributed by atoms with E-state index in [9.17, 15) is 4.57 Å². The molecular formula is C34H70BrO6P. The molecule has 0 aliphatic heterocycles. The molecule has 0 aliphatic carbocycles. The molecule has 8 heteroatoms. The Morgan fingerprint density at radius 3 is 0.976 bits per heavy atom. The molecule has 0 aromatic carbocycles. The number of rotatable bonds is 37. The van der Waals surface area contributed by atoms with Crippen LogP contribution in [-0.4, -0.2) is 51.6 Å². The van der Waals surface area contributed by atoms with Crippen LogP contribution in [-0.2, 0) is 27.6 Å². The van der Waals surface area contributed by atoms with Crippen LogP contribution >= 0.6 is 23.8 Å². The highest BCUT2D eigenvalue weighted by atomic mass is 79.9. The summed E-state index contributed by atoms with van der Waals surface area (Å²) in [4.78, 5) is 0. The molecule has 0 amide bonds. The van der Waals surface area contributed by atoms with E-state index < -0.39 is 7.82 Å². The lowest BCUT2D eigenvalue weighted by Crippen LogP contribution is -2.11. The topological polar surface area (TPSA) is 63.2 Å². The van der Waals surface area contributed by atoms with Crippen LogP contribution < -0.4 is 0 Å². The maximum atomic E-state index is 12.9. The van der Waals surface area contributed by atoms with Crippen molar-refractivity contribution in [1.82, 2.24) is 0 Å². The van der Waals surface area contributed by atoms with Crippen LogP contribution in [0, 0.1) is 0 Å². The Kier molecular flexibility index (Phi) is 36.4. The van der Waals surface area contributed by atoms with Gasteiger partial charge >= 0.3 is 7.82 Å². The Labute approximate surface area is 270 Å². The zero-order valence-electron chi connectivity index (χ0n) is 27.9. The third-order valence-electron chi connectivity index (χ3n) is 7.57. The average Bonchev–Trinajstić information content (AvgIpc) is 2.99. The molecule has 0 fully saturated rings. The van der Waals surface area contributed by atoms with Crippen LogP contribution in [0.5, 0.6) is 0 Å². The van der Waals surface area contributed by atoms with E-state index in [4.69, 9.17) is 23.0 Å². The minimum Gasteiger partial charge on any atom is -0.379 e. The van der Waals surface area contributed by atoms with Crippen molar-refractivity contribution in [2.45, 2.75) is 168 Å².